The van der Waals surface area contributed by atoms with Crippen molar-refractivity contribution in [3.8, 4) is 16.9 Å². The number of para-hydroxylation sites is 1. The fraction of sp³-hybridized carbons (Fsp3) is 0.379. The summed E-state index contributed by atoms with van der Waals surface area (Å²) in [7, 11) is 0. The number of aryl methyl sites for hydroxylation is 1. The summed E-state index contributed by atoms with van der Waals surface area (Å²) in [6.07, 6.45) is 4.51. The Kier molecular flexibility index (Phi) is 7.78. The van der Waals surface area contributed by atoms with E-state index in [2.05, 4.69) is 6.92 Å². The number of rotatable bonds is 8. The van der Waals surface area contributed by atoms with Crippen molar-refractivity contribution in [3.05, 3.63) is 89.2 Å². The Labute approximate surface area is 202 Å². The quantitative estimate of drug-likeness (QED) is 0.227. The largest absolute Gasteiger partial charge is 0.428 e. The topological polar surface area (TPSA) is 9.23 Å². The lowest BCUT2D eigenvalue weighted by molar-refractivity contribution is -0.185. The third kappa shape index (κ3) is 6.03. The van der Waals surface area contributed by atoms with Crippen LogP contribution in [0.5, 0.6) is 5.75 Å². The maximum Gasteiger partial charge on any atom is 0.426 e. The molecule has 0 amide bonds. The highest BCUT2D eigenvalue weighted by atomic mass is 19.3. The summed E-state index contributed by atoms with van der Waals surface area (Å²) in [5.74, 6) is -3.16. The Hall–Kier alpha value is -2.89. The van der Waals surface area contributed by atoms with E-state index >= 15 is 8.78 Å². The van der Waals surface area contributed by atoms with Crippen molar-refractivity contribution in [1.29, 1.82) is 0 Å². The number of ether oxygens (including phenoxy) is 1. The van der Waals surface area contributed by atoms with Crippen LogP contribution in [0.2, 0.25) is 0 Å². The van der Waals surface area contributed by atoms with Gasteiger partial charge >= 0.3 is 6.11 Å². The number of hydrogen-bond donors (Lipinski definition) is 0. The van der Waals surface area contributed by atoms with Gasteiger partial charge in [0, 0.05) is 5.56 Å². The zero-order valence-electron chi connectivity index (χ0n) is 19.7. The first-order chi connectivity index (χ1) is 16.8. The molecule has 6 heteroatoms. The van der Waals surface area contributed by atoms with Crippen LogP contribution in [0, 0.1) is 29.3 Å². The second-order valence-electron chi connectivity index (χ2n) is 9.40. The molecule has 0 bridgehead atoms. The summed E-state index contributed by atoms with van der Waals surface area (Å²) in [6.45, 7) is 2.24. The van der Waals surface area contributed by atoms with Gasteiger partial charge in [0.1, 0.15) is 5.75 Å². The molecule has 3 aromatic rings. The highest BCUT2D eigenvalue weighted by Gasteiger charge is 2.35. The van der Waals surface area contributed by atoms with Crippen molar-refractivity contribution < 1.29 is 26.7 Å². The fourth-order valence-electron chi connectivity index (χ4n) is 4.87. The van der Waals surface area contributed by atoms with E-state index in [1.165, 1.54) is 68.5 Å². The van der Waals surface area contributed by atoms with Crippen molar-refractivity contribution in [2.24, 2.45) is 11.8 Å². The Balaban J connectivity index is 1.44. The maximum atomic E-state index is 15.0. The molecule has 1 saturated carbocycles. The molecule has 35 heavy (non-hydrogen) atoms. The molecule has 0 atom stereocenters. The first kappa shape index (κ1) is 25.2. The monoisotopic (exact) mass is 488 g/mol. The first-order valence-electron chi connectivity index (χ1n) is 12.2. The molecule has 1 nitrogen and oxygen atoms in total. The minimum atomic E-state index is -3.68. The van der Waals surface area contributed by atoms with Gasteiger partial charge in [-0.1, -0.05) is 69.4 Å². The standard InChI is InChI=1S/C29H29F5O/c1-2-19-7-9-20(10-8-19)11-12-21-13-15-23(16-14-21)29(33,34)35-27-6-4-3-5-24(27)22-17-25(30)28(32)26(31)18-22/h3-6,13-20H,2,7-12H2,1H3. The van der Waals surface area contributed by atoms with Crippen LogP contribution in [-0.2, 0) is 12.5 Å². The van der Waals surface area contributed by atoms with E-state index < -0.39 is 23.6 Å². The van der Waals surface area contributed by atoms with Crippen molar-refractivity contribution in [2.75, 3.05) is 0 Å². The van der Waals surface area contributed by atoms with Gasteiger partial charge in [-0.15, -0.1) is 0 Å². The smallest absolute Gasteiger partial charge is 0.426 e. The summed E-state index contributed by atoms with van der Waals surface area (Å²) in [5, 5.41) is 0. The van der Waals surface area contributed by atoms with Gasteiger partial charge in [-0.25, -0.2) is 13.2 Å². The first-order valence-corrected chi connectivity index (χ1v) is 12.2. The molecule has 0 saturated heterocycles. The van der Waals surface area contributed by atoms with Gasteiger partial charge in [-0.05, 0) is 66.1 Å². The van der Waals surface area contributed by atoms with Gasteiger partial charge in [-0.2, -0.15) is 8.78 Å². The molecule has 1 aliphatic carbocycles. The van der Waals surface area contributed by atoms with E-state index in [0.29, 0.717) is 5.92 Å². The second kappa shape index (κ2) is 10.8. The predicted molar refractivity (Wildman–Crippen MR) is 127 cm³/mol. The van der Waals surface area contributed by atoms with E-state index in [0.717, 1.165) is 36.5 Å². The zero-order valence-corrected chi connectivity index (χ0v) is 19.7. The molecule has 0 radical (unpaired) electrons. The summed E-state index contributed by atoms with van der Waals surface area (Å²) >= 11 is 0. The van der Waals surface area contributed by atoms with Gasteiger partial charge in [-0.3, -0.25) is 0 Å². The summed E-state index contributed by atoms with van der Waals surface area (Å²) in [4.78, 5) is 0. The van der Waals surface area contributed by atoms with Crippen LogP contribution in [0.1, 0.15) is 56.6 Å². The maximum absolute atomic E-state index is 15.0. The van der Waals surface area contributed by atoms with Crippen molar-refractivity contribution in [3.63, 3.8) is 0 Å². The van der Waals surface area contributed by atoms with Crippen LogP contribution in [0.25, 0.3) is 11.1 Å². The van der Waals surface area contributed by atoms with E-state index in [-0.39, 0.29) is 22.4 Å². The third-order valence-corrected chi connectivity index (χ3v) is 7.09. The van der Waals surface area contributed by atoms with E-state index in [9.17, 15) is 13.2 Å². The molecule has 1 aliphatic rings. The summed E-state index contributed by atoms with van der Waals surface area (Å²) < 4.78 is 75.8. The molecular formula is C29H29F5O. The molecular weight excluding hydrogens is 459 g/mol. The van der Waals surface area contributed by atoms with Gasteiger partial charge in [0.05, 0.1) is 5.56 Å². The zero-order chi connectivity index (χ0) is 25.0. The normalized spacial score (nSPS) is 18.5. The Morgan fingerprint density at radius 3 is 2.06 bits per heavy atom. The molecule has 186 valence electrons. The number of benzene rings is 3. The van der Waals surface area contributed by atoms with Crippen LogP contribution in [0.4, 0.5) is 22.0 Å². The van der Waals surface area contributed by atoms with Crippen LogP contribution >= 0.6 is 0 Å². The lowest BCUT2D eigenvalue weighted by Gasteiger charge is -2.27. The van der Waals surface area contributed by atoms with E-state index in [1.54, 1.807) is 12.1 Å². The van der Waals surface area contributed by atoms with Crippen LogP contribution < -0.4 is 4.74 Å². The minimum absolute atomic E-state index is 0.0272. The summed E-state index contributed by atoms with van der Waals surface area (Å²) in [5.41, 5.74) is 0.603. The molecule has 3 aromatic carbocycles. The van der Waals surface area contributed by atoms with Gasteiger partial charge in [0.15, 0.2) is 17.5 Å². The molecule has 0 heterocycles. The molecule has 4 rings (SSSR count). The SMILES string of the molecule is CCC1CCC(CCc2ccc(C(F)(F)Oc3ccccc3-c3cc(F)c(F)c(F)c3)cc2)CC1. The highest BCUT2D eigenvalue weighted by Crippen LogP contribution is 2.38. The molecule has 1 fully saturated rings. The summed E-state index contributed by atoms with van der Waals surface area (Å²) in [6, 6.07) is 13.3. The average Bonchev–Trinajstić information content (AvgIpc) is 2.86. The van der Waals surface area contributed by atoms with Gasteiger partial charge in [0.25, 0.3) is 0 Å². The lowest BCUT2D eigenvalue weighted by atomic mass is 9.78. The lowest BCUT2D eigenvalue weighted by Crippen LogP contribution is -2.22. The molecule has 0 unspecified atom stereocenters. The molecule has 0 N–H and O–H groups in total. The number of alkyl halides is 2. The van der Waals surface area contributed by atoms with Crippen LogP contribution in [0.3, 0.4) is 0 Å². The third-order valence-electron chi connectivity index (χ3n) is 7.09. The van der Waals surface area contributed by atoms with Crippen molar-refractivity contribution in [2.45, 2.75) is 58.0 Å². The Morgan fingerprint density at radius 1 is 0.829 bits per heavy atom. The fourth-order valence-corrected chi connectivity index (χ4v) is 4.87. The molecule has 0 aliphatic heterocycles. The molecule has 0 spiro atoms. The minimum Gasteiger partial charge on any atom is -0.428 e. The molecule has 0 aromatic heterocycles. The van der Waals surface area contributed by atoms with E-state index in [4.69, 9.17) is 4.74 Å². The highest BCUT2D eigenvalue weighted by molar-refractivity contribution is 5.70. The Morgan fingerprint density at radius 2 is 1.43 bits per heavy atom. The number of hydrogen-bond acceptors (Lipinski definition) is 1. The van der Waals surface area contributed by atoms with Crippen LogP contribution in [0.15, 0.2) is 60.7 Å². The Bertz CT molecular complexity index is 1110. The van der Waals surface area contributed by atoms with Gasteiger partial charge < -0.3 is 4.74 Å². The van der Waals surface area contributed by atoms with Gasteiger partial charge in [0.2, 0.25) is 0 Å². The van der Waals surface area contributed by atoms with Crippen molar-refractivity contribution in [1.82, 2.24) is 0 Å². The van der Waals surface area contributed by atoms with Crippen LogP contribution in [-0.4, -0.2) is 0 Å². The van der Waals surface area contributed by atoms with E-state index in [1.807, 2.05) is 0 Å². The van der Waals surface area contributed by atoms with Crippen molar-refractivity contribution >= 4 is 0 Å². The predicted octanol–water partition coefficient (Wildman–Crippen LogP) is 9.05. The number of halogens is 5. The average molecular weight is 489 g/mol. The second-order valence-corrected chi connectivity index (χ2v) is 9.40.